The van der Waals surface area contributed by atoms with Crippen LogP contribution in [-0.4, -0.2) is 23.2 Å². The highest BCUT2D eigenvalue weighted by atomic mass is 79.9. The van der Waals surface area contributed by atoms with Crippen molar-refractivity contribution >= 4 is 39.1 Å². The zero-order chi connectivity index (χ0) is 14.9. The molecule has 0 radical (unpaired) electrons. The Bertz CT molecular complexity index is 595. The van der Waals surface area contributed by atoms with Crippen LogP contribution < -0.4 is 4.90 Å². The van der Waals surface area contributed by atoms with Crippen LogP contribution in [0.15, 0.2) is 58.1 Å². The first-order valence-corrected chi connectivity index (χ1v) is 7.94. The number of halogens is 1. The van der Waals surface area contributed by atoms with Crippen molar-refractivity contribution in [2.75, 3.05) is 18.0 Å². The van der Waals surface area contributed by atoms with E-state index in [2.05, 4.69) is 72.5 Å². The number of nitrogens with zero attached hydrogens (tertiary/aromatic N) is 3. The SMILES string of the molecule is S=C=NCCCN(Cc1ccc(Br)cc1)c1ccccn1. The van der Waals surface area contributed by atoms with Crippen molar-refractivity contribution in [1.29, 1.82) is 0 Å². The van der Waals surface area contributed by atoms with Gasteiger partial charge in [-0.05, 0) is 48.5 Å². The highest BCUT2D eigenvalue weighted by molar-refractivity contribution is 9.10. The zero-order valence-corrected chi connectivity index (χ0v) is 14.0. The maximum absolute atomic E-state index is 4.59. The topological polar surface area (TPSA) is 28.5 Å². The molecule has 0 spiro atoms. The van der Waals surface area contributed by atoms with Crippen LogP contribution in [0, 0.1) is 0 Å². The lowest BCUT2D eigenvalue weighted by molar-refractivity contribution is 0.728. The highest BCUT2D eigenvalue weighted by Crippen LogP contribution is 2.16. The van der Waals surface area contributed by atoms with E-state index >= 15 is 0 Å². The molecular weight excluding hydrogens is 346 g/mol. The van der Waals surface area contributed by atoms with Gasteiger partial charge in [0.05, 0.1) is 11.7 Å². The van der Waals surface area contributed by atoms with Crippen molar-refractivity contribution in [2.45, 2.75) is 13.0 Å². The predicted molar refractivity (Wildman–Crippen MR) is 93.9 cm³/mol. The van der Waals surface area contributed by atoms with Crippen molar-refractivity contribution in [1.82, 2.24) is 4.98 Å². The monoisotopic (exact) mass is 361 g/mol. The number of benzene rings is 1. The molecule has 21 heavy (non-hydrogen) atoms. The Balaban J connectivity index is 2.07. The number of isothiocyanates is 1. The summed E-state index contributed by atoms with van der Waals surface area (Å²) in [6.07, 6.45) is 2.75. The summed E-state index contributed by atoms with van der Waals surface area (Å²) in [6.45, 7) is 2.41. The van der Waals surface area contributed by atoms with Crippen LogP contribution in [0.4, 0.5) is 5.82 Å². The van der Waals surface area contributed by atoms with Crippen molar-refractivity contribution in [3.05, 3.63) is 58.7 Å². The van der Waals surface area contributed by atoms with Crippen LogP contribution in [0.5, 0.6) is 0 Å². The fourth-order valence-corrected chi connectivity index (χ4v) is 2.37. The summed E-state index contributed by atoms with van der Waals surface area (Å²) in [6, 6.07) is 14.3. The van der Waals surface area contributed by atoms with Gasteiger partial charge in [0.2, 0.25) is 0 Å². The maximum atomic E-state index is 4.59. The second-order valence-corrected chi connectivity index (χ2v) is 5.66. The lowest BCUT2D eigenvalue weighted by atomic mass is 10.2. The number of hydrogen-bond acceptors (Lipinski definition) is 4. The molecule has 2 aromatic rings. The normalized spacial score (nSPS) is 9.95. The Morgan fingerprint density at radius 3 is 2.67 bits per heavy atom. The molecule has 0 N–H and O–H groups in total. The first-order chi connectivity index (χ1) is 10.3. The summed E-state index contributed by atoms with van der Waals surface area (Å²) in [5.74, 6) is 0.978. The molecule has 0 aliphatic rings. The molecule has 0 fully saturated rings. The van der Waals surface area contributed by atoms with Gasteiger partial charge in [0.1, 0.15) is 5.82 Å². The average molecular weight is 362 g/mol. The van der Waals surface area contributed by atoms with Crippen LogP contribution in [0.25, 0.3) is 0 Å². The Labute approximate surface area is 138 Å². The van der Waals surface area contributed by atoms with Gasteiger partial charge in [-0.1, -0.05) is 34.1 Å². The lowest BCUT2D eigenvalue weighted by Crippen LogP contribution is -2.25. The highest BCUT2D eigenvalue weighted by Gasteiger charge is 2.08. The summed E-state index contributed by atoms with van der Waals surface area (Å²) in [5, 5.41) is 2.41. The number of pyridine rings is 1. The van der Waals surface area contributed by atoms with E-state index in [0.29, 0.717) is 6.54 Å². The van der Waals surface area contributed by atoms with Crippen molar-refractivity contribution in [3.8, 4) is 0 Å². The van der Waals surface area contributed by atoms with Crippen molar-refractivity contribution in [2.24, 2.45) is 4.99 Å². The largest absolute Gasteiger partial charge is 0.352 e. The first-order valence-electron chi connectivity index (χ1n) is 6.73. The van der Waals surface area contributed by atoms with E-state index in [1.165, 1.54) is 5.56 Å². The second-order valence-electron chi connectivity index (χ2n) is 4.56. The molecule has 0 saturated heterocycles. The maximum Gasteiger partial charge on any atom is 0.128 e. The number of rotatable bonds is 7. The summed E-state index contributed by atoms with van der Waals surface area (Å²) < 4.78 is 1.09. The van der Waals surface area contributed by atoms with E-state index < -0.39 is 0 Å². The Morgan fingerprint density at radius 1 is 1.19 bits per heavy atom. The summed E-state index contributed by atoms with van der Waals surface area (Å²) >= 11 is 8.06. The molecule has 2 rings (SSSR count). The van der Waals surface area contributed by atoms with Crippen LogP contribution in [0.3, 0.4) is 0 Å². The van der Waals surface area contributed by atoms with Gasteiger partial charge >= 0.3 is 0 Å². The van der Waals surface area contributed by atoms with E-state index in [0.717, 1.165) is 29.8 Å². The molecule has 0 unspecified atom stereocenters. The molecule has 1 aromatic carbocycles. The average Bonchev–Trinajstić information content (AvgIpc) is 2.53. The van der Waals surface area contributed by atoms with Gasteiger partial charge in [-0.15, -0.1) is 0 Å². The third-order valence-electron chi connectivity index (χ3n) is 3.02. The number of aliphatic imine (C=N–C) groups is 1. The summed E-state index contributed by atoms with van der Waals surface area (Å²) in [7, 11) is 0. The van der Waals surface area contributed by atoms with Crippen LogP contribution in [0.1, 0.15) is 12.0 Å². The molecule has 0 bridgehead atoms. The van der Waals surface area contributed by atoms with Crippen LogP contribution in [0.2, 0.25) is 0 Å². The minimum absolute atomic E-state index is 0.702. The molecule has 1 heterocycles. The quantitative estimate of drug-likeness (QED) is 0.417. The van der Waals surface area contributed by atoms with Crippen LogP contribution in [-0.2, 0) is 6.54 Å². The van der Waals surface area contributed by atoms with E-state index in [1.807, 2.05) is 24.4 Å². The minimum Gasteiger partial charge on any atom is -0.352 e. The molecule has 5 heteroatoms. The molecule has 0 saturated carbocycles. The van der Waals surface area contributed by atoms with Crippen molar-refractivity contribution in [3.63, 3.8) is 0 Å². The Hall–Kier alpha value is -1.55. The van der Waals surface area contributed by atoms with Gasteiger partial charge in [-0.25, -0.2) is 9.98 Å². The van der Waals surface area contributed by atoms with E-state index in [9.17, 15) is 0 Å². The van der Waals surface area contributed by atoms with Gasteiger partial charge in [0.25, 0.3) is 0 Å². The summed E-state index contributed by atoms with van der Waals surface area (Å²) in [4.78, 5) is 10.7. The fraction of sp³-hybridized carbons (Fsp3) is 0.250. The van der Waals surface area contributed by atoms with E-state index in [-0.39, 0.29) is 0 Å². The van der Waals surface area contributed by atoms with Gasteiger partial charge < -0.3 is 4.90 Å². The third kappa shape index (κ3) is 5.38. The van der Waals surface area contributed by atoms with Crippen LogP contribution >= 0.6 is 28.1 Å². The van der Waals surface area contributed by atoms with E-state index in [1.54, 1.807) is 0 Å². The standard InChI is InChI=1S/C16H16BrN3S/c17-15-7-5-14(6-8-15)12-20(11-3-9-18-13-21)16-4-1-2-10-19-16/h1-2,4-8,10H,3,9,11-12H2. The second kappa shape index (κ2) is 8.67. The fourth-order valence-electron chi connectivity index (χ4n) is 2.01. The number of hydrogen-bond donors (Lipinski definition) is 0. The summed E-state index contributed by atoms with van der Waals surface area (Å²) in [5.41, 5.74) is 1.25. The van der Waals surface area contributed by atoms with Crippen molar-refractivity contribution < 1.29 is 0 Å². The molecule has 1 aromatic heterocycles. The molecule has 108 valence electrons. The van der Waals surface area contributed by atoms with E-state index in [4.69, 9.17) is 0 Å². The van der Waals surface area contributed by atoms with Gasteiger partial charge in [0, 0.05) is 23.8 Å². The third-order valence-corrected chi connectivity index (χ3v) is 3.68. The number of thiocarbonyl (C=S) groups is 1. The molecule has 0 atom stereocenters. The molecular formula is C16H16BrN3S. The Kier molecular flexibility index (Phi) is 6.54. The zero-order valence-electron chi connectivity index (χ0n) is 11.6. The van der Waals surface area contributed by atoms with Gasteiger partial charge in [-0.3, -0.25) is 0 Å². The first kappa shape index (κ1) is 15.8. The predicted octanol–water partition coefficient (Wildman–Crippen LogP) is 4.34. The smallest absolute Gasteiger partial charge is 0.128 e. The molecule has 0 aliphatic carbocycles. The lowest BCUT2D eigenvalue weighted by Gasteiger charge is -2.23. The number of aromatic nitrogens is 1. The number of anilines is 1. The Morgan fingerprint density at radius 2 is 2.00 bits per heavy atom. The molecule has 3 nitrogen and oxygen atoms in total. The van der Waals surface area contributed by atoms with Gasteiger partial charge in [0.15, 0.2) is 0 Å². The minimum atomic E-state index is 0.702. The molecule has 0 aliphatic heterocycles. The molecule has 0 amide bonds. The van der Waals surface area contributed by atoms with Gasteiger partial charge in [-0.2, -0.15) is 0 Å².